The van der Waals surface area contributed by atoms with Gasteiger partial charge in [0.1, 0.15) is 11.2 Å². The van der Waals surface area contributed by atoms with Gasteiger partial charge in [0.15, 0.2) is 0 Å². The number of pyridine rings is 2. The third-order valence-electron chi connectivity index (χ3n) is 2.20. The molecule has 2 aromatic rings. The van der Waals surface area contributed by atoms with Gasteiger partial charge in [-0.1, -0.05) is 39.3 Å². The summed E-state index contributed by atoms with van der Waals surface area (Å²) in [4.78, 5) is 29.6. The van der Waals surface area contributed by atoms with E-state index in [9.17, 15) is 9.59 Å². The molecule has 116 valence electrons. The van der Waals surface area contributed by atoms with Gasteiger partial charge >= 0.3 is 5.97 Å². The van der Waals surface area contributed by atoms with Gasteiger partial charge in [-0.3, -0.25) is 4.79 Å². The Morgan fingerprint density at radius 1 is 1.33 bits per heavy atom. The number of hydrogen-bond acceptors (Lipinski definition) is 4. The van der Waals surface area contributed by atoms with Gasteiger partial charge < -0.3 is 9.72 Å². The van der Waals surface area contributed by atoms with Crippen molar-refractivity contribution >= 4 is 28.6 Å². The molecule has 0 aliphatic heterocycles. The number of halogens is 1. The van der Waals surface area contributed by atoms with Crippen molar-refractivity contribution in [3.05, 3.63) is 39.3 Å². The number of carbonyl (C=O) groups is 1. The smallest absolute Gasteiger partial charge is 0.343 e. The van der Waals surface area contributed by atoms with Gasteiger partial charge in [0.25, 0.3) is 5.56 Å². The number of carbonyl (C=O) groups excluding carboxylic acids is 1. The molecule has 0 spiro atoms. The highest BCUT2D eigenvalue weighted by Gasteiger charge is 2.14. The van der Waals surface area contributed by atoms with E-state index in [1.165, 1.54) is 12.3 Å². The van der Waals surface area contributed by atoms with Crippen LogP contribution in [0.5, 0.6) is 0 Å². The molecule has 1 N–H and O–H groups in total. The van der Waals surface area contributed by atoms with E-state index in [0.29, 0.717) is 16.1 Å². The second-order valence-electron chi connectivity index (χ2n) is 3.29. The third kappa shape index (κ3) is 4.86. The summed E-state index contributed by atoms with van der Waals surface area (Å²) >= 11 is 5.95. The van der Waals surface area contributed by atoms with Crippen molar-refractivity contribution in [1.29, 1.82) is 0 Å². The zero-order valence-corrected chi connectivity index (χ0v) is 13.7. The van der Waals surface area contributed by atoms with Gasteiger partial charge in [0.05, 0.1) is 11.6 Å². The number of ether oxygens (including phenoxy) is 1. The number of hydrogen-bond donors (Lipinski definition) is 1. The number of rotatable bonds is 2. The summed E-state index contributed by atoms with van der Waals surface area (Å²) in [6.07, 6.45) is 1.48. The van der Waals surface area contributed by atoms with Gasteiger partial charge in [-0.05, 0) is 19.1 Å². The maximum atomic E-state index is 11.6. The summed E-state index contributed by atoms with van der Waals surface area (Å²) in [5.74, 6) is -0.671. The molecule has 0 bridgehead atoms. The lowest BCUT2D eigenvalue weighted by molar-refractivity contribution is 0.0524. The molecule has 2 heterocycles. The molecular formula is C15H21ClN2O3. The molecule has 2 aromatic heterocycles. The summed E-state index contributed by atoms with van der Waals surface area (Å²) in [6, 6.07) is 2.97. The first-order valence-corrected chi connectivity index (χ1v) is 7.36. The number of fused-ring (bicyclic) bond motifs is 1. The highest BCUT2D eigenvalue weighted by Crippen LogP contribution is 2.19. The molecule has 6 heteroatoms. The molecule has 0 fully saturated rings. The fourth-order valence-electron chi connectivity index (χ4n) is 1.43. The second kappa shape index (κ2) is 9.94. The average molecular weight is 313 g/mol. The molecule has 0 radical (unpaired) electrons. The second-order valence-corrected chi connectivity index (χ2v) is 3.69. The largest absolute Gasteiger partial charge is 0.462 e. The minimum Gasteiger partial charge on any atom is -0.462 e. The van der Waals surface area contributed by atoms with E-state index in [0.717, 1.165) is 0 Å². The van der Waals surface area contributed by atoms with Gasteiger partial charge in [0.2, 0.25) is 0 Å². The first-order chi connectivity index (χ1) is 10.1. The van der Waals surface area contributed by atoms with Crippen LogP contribution in [0.3, 0.4) is 0 Å². The molecule has 2 rings (SSSR count). The van der Waals surface area contributed by atoms with E-state index in [2.05, 4.69) is 9.97 Å². The molecular weight excluding hydrogens is 292 g/mol. The average Bonchev–Trinajstić information content (AvgIpc) is 2.51. The first kappa shape index (κ1) is 19.1. The first-order valence-electron chi connectivity index (χ1n) is 6.98. The maximum absolute atomic E-state index is 11.6. The lowest BCUT2D eigenvalue weighted by Gasteiger charge is -2.03. The minimum absolute atomic E-state index is 0.0748. The van der Waals surface area contributed by atoms with Crippen molar-refractivity contribution in [2.45, 2.75) is 34.6 Å². The van der Waals surface area contributed by atoms with Crippen LogP contribution < -0.4 is 5.56 Å². The molecule has 0 atom stereocenters. The van der Waals surface area contributed by atoms with Gasteiger partial charge in [-0.15, -0.1) is 0 Å². The molecule has 5 nitrogen and oxygen atoms in total. The van der Waals surface area contributed by atoms with E-state index in [4.69, 9.17) is 16.3 Å². The number of aromatic amines is 1. The van der Waals surface area contributed by atoms with Crippen LogP contribution in [0, 0.1) is 0 Å². The molecule has 21 heavy (non-hydrogen) atoms. The van der Waals surface area contributed by atoms with Crippen molar-refractivity contribution in [2.75, 3.05) is 6.61 Å². The Hall–Kier alpha value is -1.88. The Labute approximate surface area is 129 Å². The van der Waals surface area contributed by atoms with Crippen molar-refractivity contribution in [2.24, 2.45) is 0 Å². The Bertz CT molecular complexity index is 638. The lowest BCUT2D eigenvalue weighted by atomic mass is 10.2. The van der Waals surface area contributed by atoms with E-state index < -0.39 is 11.5 Å². The highest BCUT2D eigenvalue weighted by molar-refractivity contribution is 6.35. The molecule has 0 aliphatic carbocycles. The molecule has 0 saturated carbocycles. The lowest BCUT2D eigenvalue weighted by Crippen LogP contribution is -2.19. The van der Waals surface area contributed by atoms with Crippen LogP contribution in [-0.4, -0.2) is 22.5 Å². The van der Waals surface area contributed by atoms with Crippen LogP contribution in [0.2, 0.25) is 5.02 Å². The summed E-state index contributed by atoms with van der Waals surface area (Å²) in [5, 5.41) is 0.925. The number of esters is 1. The molecule has 0 aromatic carbocycles. The number of nitrogens with one attached hydrogen (secondary N) is 1. The number of nitrogens with zero attached hydrogens (tertiary/aromatic N) is 1. The van der Waals surface area contributed by atoms with Gasteiger partial charge in [0, 0.05) is 11.6 Å². The molecule has 0 aliphatic rings. The van der Waals surface area contributed by atoms with Crippen LogP contribution in [0.25, 0.3) is 11.0 Å². The van der Waals surface area contributed by atoms with E-state index in [1.54, 1.807) is 13.0 Å². The Morgan fingerprint density at radius 2 is 1.95 bits per heavy atom. The Morgan fingerprint density at radius 3 is 2.52 bits per heavy atom. The molecule has 0 unspecified atom stereocenters. The fourth-order valence-corrected chi connectivity index (χ4v) is 1.63. The van der Waals surface area contributed by atoms with E-state index in [-0.39, 0.29) is 12.2 Å². The number of H-pyrrole nitrogens is 1. The number of aromatic nitrogens is 2. The summed E-state index contributed by atoms with van der Waals surface area (Å²) < 4.78 is 4.78. The predicted octanol–water partition coefficient (Wildman–Crippen LogP) is 3.81. The summed E-state index contributed by atoms with van der Waals surface area (Å²) in [6.45, 7) is 9.87. The van der Waals surface area contributed by atoms with Crippen LogP contribution in [-0.2, 0) is 4.74 Å². The SMILES string of the molecule is CC.CC.CCOC(=O)c1cc2c(Cl)ccnc2[nH]c1=O. The highest BCUT2D eigenvalue weighted by atomic mass is 35.5. The predicted molar refractivity (Wildman–Crippen MR) is 86.0 cm³/mol. The van der Waals surface area contributed by atoms with Crippen molar-refractivity contribution in [1.82, 2.24) is 9.97 Å². The van der Waals surface area contributed by atoms with Gasteiger partial charge in [-0.2, -0.15) is 0 Å². The standard InChI is InChI=1S/C11H9ClN2O3.2C2H6/c1-2-17-11(16)7-5-6-8(12)3-4-13-9(6)14-10(7)15;2*1-2/h3-5H,2H2,1H3,(H,13,14,15);2*1-2H3. The monoisotopic (exact) mass is 312 g/mol. The summed E-state index contributed by atoms with van der Waals surface area (Å²) in [5.41, 5.74) is -0.268. The van der Waals surface area contributed by atoms with Crippen molar-refractivity contribution in [3.8, 4) is 0 Å². The Kier molecular flexibility index (Phi) is 9.05. The zero-order valence-electron chi connectivity index (χ0n) is 13.0. The van der Waals surface area contributed by atoms with E-state index in [1.807, 2.05) is 27.7 Å². The normalized spacial score (nSPS) is 9.05. The quantitative estimate of drug-likeness (QED) is 0.856. The molecule has 0 saturated heterocycles. The van der Waals surface area contributed by atoms with Crippen LogP contribution >= 0.6 is 11.6 Å². The van der Waals surface area contributed by atoms with Crippen LogP contribution in [0.1, 0.15) is 45.0 Å². The maximum Gasteiger partial charge on any atom is 0.343 e. The topological polar surface area (TPSA) is 72.0 Å². The zero-order chi connectivity index (χ0) is 16.4. The molecule has 0 amide bonds. The third-order valence-corrected chi connectivity index (χ3v) is 2.53. The van der Waals surface area contributed by atoms with Crippen LogP contribution in [0.15, 0.2) is 23.1 Å². The summed E-state index contributed by atoms with van der Waals surface area (Å²) in [7, 11) is 0. The Balaban J connectivity index is 0.000000921. The van der Waals surface area contributed by atoms with Crippen molar-refractivity contribution in [3.63, 3.8) is 0 Å². The van der Waals surface area contributed by atoms with Crippen LogP contribution in [0.4, 0.5) is 0 Å². The van der Waals surface area contributed by atoms with E-state index >= 15 is 0 Å². The fraction of sp³-hybridized carbons (Fsp3) is 0.400. The van der Waals surface area contributed by atoms with Crippen molar-refractivity contribution < 1.29 is 9.53 Å². The van der Waals surface area contributed by atoms with Gasteiger partial charge in [-0.25, -0.2) is 9.78 Å². The minimum atomic E-state index is -0.671.